The summed E-state index contributed by atoms with van der Waals surface area (Å²) in [5.74, 6) is 0. The van der Waals surface area contributed by atoms with Crippen LogP contribution in [0.2, 0.25) is 0 Å². The molecule has 0 radical (unpaired) electrons. The lowest BCUT2D eigenvalue weighted by atomic mass is 10.0. The molecular formula is C30H52N2O. The van der Waals surface area contributed by atoms with Crippen molar-refractivity contribution in [2.24, 2.45) is 0 Å². The lowest BCUT2D eigenvalue weighted by Crippen LogP contribution is -2.46. The van der Waals surface area contributed by atoms with Crippen LogP contribution in [0.4, 0.5) is 0 Å². The first-order valence-electron chi connectivity index (χ1n) is 14.3. The van der Waals surface area contributed by atoms with Crippen molar-refractivity contribution in [1.29, 1.82) is 0 Å². The van der Waals surface area contributed by atoms with E-state index in [-0.39, 0.29) is 0 Å². The molecule has 1 saturated heterocycles. The van der Waals surface area contributed by atoms with Crippen LogP contribution in [0.25, 0.3) is 0 Å². The lowest BCUT2D eigenvalue weighted by Gasteiger charge is -2.34. The minimum Gasteiger partial charge on any atom is -0.301 e. The van der Waals surface area contributed by atoms with Gasteiger partial charge in [-0.05, 0) is 18.5 Å². The molecule has 1 aliphatic heterocycles. The third kappa shape index (κ3) is 14.0. The average Bonchev–Trinajstić information content (AvgIpc) is 2.85. The van der Waals surface area contributed by atoms with Gasteiger partial charge in [0, 0.05) is 38.3 Å². The Balaban J connectivity index is 1.33. The number of carbonyl (C=O) groups is 1. The van der Waals surface area contributed by atoms with Crippen LogP contribution in [-0.4, -0.2) is 48.8 Å². The summed E-state index contributed by atoms with van der Waals surface area (Å²) in [7, 11) is 0. The van der Waals surface area contributed by atoms with E-state index in [4.69, 9.17) is 0 Å². The van der Waals surface area contributed by atoms with Gasteiger partial charge in [0.1, 0.15) is 6.29 Å². The van der Waals surface area contributed by atoms with Crippen LogP contribution >= 0.6 is 0 Å². The van der Waals surface area contributed by atoms with Crippen molar-refractivity contribution >= 4 is 6.29 Å². The van der Waals surface area contributed by atoms with E-state index in [1.165, 1.54) is 128 Å². The highest BCUT2D eigenvalue weighted by atomic mass is 16.1. The molecule has 0 N–H and O–H groups in total. The Bertz CT molecular complexity index is 577. The number of carbonyl (C=O) groups excluding carboxylic acids is 1. The molecule has 188 valence electrons. The Morgan fingerprint density at radius 2 is 1.03 bits per heavy atom. The van der Waals surface area contributed by atoms with Crippen LogP contribution in [0.15, 0.2) is 24.3 Å². The minimum absolute atomic E-state index is 0.766. The highest BCUT2D eigenvalue weighted by Gasteiger charge is 2.16. The number of piperazine rings is 1. The number of nitrogens with zero attached hydrogens (tertiary/aromatic N) is 2. The van der Waals surface area contributed by atoms with Gasteiger partial charge < -0.3 is 4.90 Å². The molecule has 0 saturated carbocycles. The Kier molecular flexibility index (Phi) is 16.3. The summed E-state index contributed by atoms with van der Waals surface area (Å²) in [4.78, 5) is 16.0. The normalized spacial score (nSPS) is 15.2. The molecule has 0 atom stereocenters. The summed E-state index contributed by atoms with van der Waals surface area (Å²) in [6, 6.07) is 8.03. The number of hydrogen-bond acceptors (Lipinski definition) is 3. The standard InChI is InChI=1S/C30H52N2O/c1-2-3-4-5-6-7-8-9-10-11-12-13-14-15-16-17-22-31-23-25-32(26-24-31)27-29-18-20-30(28-33)21-19-29/h18-21,28H,2-17,22-27H2,1H3. The molecular weight excluding hydrogens is 404 g/mol. The van der Waals surface area contributed by atoms with Gasteiger partial charge in [-0.25, -0.2) is 0 Å². The third-order valence-corrected chi connectivity index (χ3v) is 7.31. The quantitative estimate of drug-likeness (QED) is 0.147. The van der Waals surface area contributed by atoms with Crippen LogP contribution in [0.3, 0.4) is 0 Å². The van der Waals surface area contributed by atoms with E-state index in [1.54, 1.807) is 0 Å². The van der Waals surface area contributed by atoms with Crippen LogP contribution in [0, 0.1) is 0 Å². The SMILES string of the molecule is CCCCCCCCCCCCCCCCCCN1CCN(Cc2ccc(C=O)cc2)CC1. The molecule has 0 bridgehead atoms. The third-order valence-electron chi connectivity index (χ3n) is 7.31. The monoisotopic (exact) mass is 456 g/mol. The van der Waals surface area contributed by atoms with Gasteiger partial charge in [0.25, 0.3) is 0 Å². The molecule has 1 aromatic carbocycles. The van der Waals surface area contributed by atoms with Gasteiger partial charge in [0.2, 0.25) is 0 Å². The fraction of sp³-hybridized carbons (Fsp3) is 0.767. The molecule has 1 aliphatic rings. The Morgan fingerprint density at radius 3 is 1.48 bits per heavy atom. The molecule has 33 heavy (non-hydrogen) atoms. The summed E-state index contributed by atoms with van der Waals surface area (Å²) in [5.41, 5.74) is 2.08. The molecule has 3 nitrogen and oxygen atoms in total. The van der Waals surface area contributed by atoms with Crippen molar-refractivity contribution in [3.05, 3.63) is 35.4 Å². The van der Waals surface area contributed by atoms with Gasteiger partial charge in [-0.2, -0.15) is 0 Å². The van der Waals surface area contributed by atoms with Crippen LogP contribution in [0.1, 0.15) is 126 Å². The predicted octanol–water partition coefficient (Wildman–Crippen LogP) is 7.88. The van der Waals surface area contributed by atoms with Crippen molar-refractivity contribution in [2.45, 2.75) is 116 Å². The molecule has 0 aromatic heterocycles. The van der Waals surface area contributed by atoms with Gasteiger partial charge in [-0.1, -0.05) is 128 Å². The first kappa shape index (κ1) is 28.1. The fourth-order valence-corrected chi connectivity index (χ4v) is 5.01. The molecule has 0 aliphatic carbocycles. The van der Waals surface area contributed by atoms with Gasteiger partial charge in [-0.3, -0.25) is 9.69 Å². The summed E-state index contributed by atoms with van der Waals surface area (Å²) in [5, 5.41) is 0. The highest BCUT2D eigenvalue weighted by Crippen LogP contribution is 2.14. The number of rotatable bonds is 20. The first-order chi connectivity index (χ1) is 16.3. The molecule has 0 unspecified atom stereocenters. The molecule has 1 fully saturated rings. The molecule has 0 spiro atoms. The minimum atomic E-state index is 0.766. The number of aldehydes is 1. The van der Waals surface area contributed by atoms with Crippen LogP contribution in [0.5, 0.6) is 0 Å². The molecule has 0 amide bonds. The summed E-state index contributed by atoms with van der Waals surface area (Å²) < 4.78 is 0. The number of hydrogen-bond donors (Lipinski definition) is 0. The van der Waals surface area contributed by atoms with E-state index in [2.05, 4.69) is 28.9 Å². The summed E-state index contributed by atoms with van der Waals surface area (Å²) >= 11 is 0. The van der Waals surface area contributed by atoms with E-state index >= 15 is 0 Å². The van der Waals surface area contributed by atoms with Crippen molar-refractivity contribution < 1.29 is 4.79 Å². The van der Waals surface area contributed by atoms with E-state index < -0.39 is 0 Å². The molecule has 1 heterocycles. The second-order valence-electron chi connectivity index (χ2n) is 10.3. The van der Waals surface area contributed by atoms with Crippen molar-refractivity contribution in [1.82, 2.24) is 9.80 Å². The molecule has 3 heteroatoms. The predicted molar refractivity (Wildman–Crippen MR) is 143 cm³/mol. The number of benzene rings is 1. The van der Waals surface area contributed by atoms with E-state index in [1.807, 2.05) is 12.1 Å². The Morgan fingerprint density at radius 1 is 0.606 bits per heavy atom. The topological polar surface area (TPSA) is 23.6 Å². The molecule has 2 rings (SSSR count). The molecule has 1 aromatic rings. The van der Waals surface area contributed by atoms with E-state index in [0.29, 0.717) is 0 Å². The highest BCUT2D eigenvalue weighted by molar-refractivity contribution is 5.74. The van der Waals surface area contributed by atoms with Crippen molar-refractivity contribution in [3.8, 4) is 0 Å². The maximum Gasteiger partial charge on any atom is 0.150 e. The maximum atomic E-state index is 10.8. The van der Waals surface area contributed by atoms with Gasteiger partial charge >= 0.3 is 0 Å². The Labute approximate surface area is 205 Å². The van der Waals surface area contributed by atoms with E-state index in [9.17, 15) is 4.79 Å². The second-order valence-corrected chi connectivity index (χ2v) is 10.3. The largest absolute Gasteiger partial charge is 0.301 e. The van der Waals surface area contributed by atoms with Crippen LogP contribution in [-0.2, 0) is 6.54 Å². The Hall–Kier alpha value is -1.19. The smallest absolute Gasteiger partial charge is 0.150 e. The lowest BCUT2D eigenvalue weighted by molar-refractivity contribution is 0.112. The zero-order valence-corrected chi connectivity index (χ0v) is 21.7. The second kappa shape index (κ2) is 19.2. The van der Waals surface area contributed by atoms with Crippen molar-refractivity contribution in [3.63, 3.8) is 0 Å². The zero-order valence-electron chi connectivity index (χ0n) is 21.7. The first-order valence-corrected chi connectivity index (χ1v) is 14.3. The zero-order chi connectivity index (χ0) is 23.4. The summed E-state index contributed by atoms with van der Waals surface area (Å²) in [6.45, 7) is 9.30. The van der Waals surface area contributed by atoms with Gasteiger partial charge in [-0.15, -0.1) is 0 Å². The van der Waals surface area contributed by atoms with Crippen LogP contribution < -0.4 is 0 Å². The van der Waals surface area contributed by atoms with Gasteiger partial charge in [0.05, 0.1) is 0 Å². The fourth-order valence-electron chi connectivity index (χ4n) is 5.01. The van der Waals surface area contributed by atoms with E-state index in [0.717, 1.165) is 31.5 Å². The average molecular weight is 457 g/mol. The number of unbranched alkanes of at least 4 members (excludes halogenated alkanes) is 15. The summed E-state index contributed by atoms with van der Waals surface area (Å²) in [6.07, 6.45) is 23.9. The maximum absolute atomic E-state index is 10.8. The van der Waals surface area contributed by atoms with Crippen molar-refractivity contribution in [2.75, 3.05) is 32.7 Å². The van der Waals surface area contributed by atoms with Gasteiger partial charge in [0.15, 0.2) is 0 Å².